The first kappa shape index (κ1) is 24.1. The van der Waals surface area contributed by atoms with Gasteiger partial charge in [-0.1, -0.05) is 11.6 Å². The lowest BCUT2D eigenvalue weighted by Crippen LogP contribution is -2.48. The highest BCUT2D eigenvalue weighted by Gasteiger charge is 2.29. The van der Waals surface area contributed by atoms with Gasteiger partial charge in [0.1, 0.15) is 5.82 Å². The largest absolute Gasteiger partial charge is 0.476 e. The Bertz CT molecular complexity index is 1490. The molecule has 4 heterocycles. The van der Waals surface area contributed by atoms with Gasteiger partial charge in [-0.2, -0.15) is 14.3 Å². The van der Waals surface area contributed by atoms with Crippen molar-refractivity contribution in [3.8, 4) is 17.1 Å². The van der Waals surface area contributed by atoms with Crippen molar-refractivity contribution in [3.05, 3.63) is 53.8 Å². The molecule has 1 fully saturated rings. The van der Waals surface area contributed by atoms with E-state index in [-0.39, 0.29) is 16.7 Å². The number of hydrogen-bond donors (Lipinski definition) is 1. The topological polar surface area (TPSA) is 140 Å². The fraction of sp³-hybridized carbons (Fsp3) is 0.261. The van der Waals surface area contributed by atoms with E-state index in [1.54, 1.807) is 24.5 Å². The maximum Gasteiger partial charge on any atom is 0.247 e. The molecule has 36 heavy (non-hydrogen) atoms. The number of ether oxygens (including phenoxy) is 1. The van der Waals surface area contributed by atoms with Gasteiger partial charge in [0.2, 0.25) is 21.9 Å². The van der Waals surface area contributed by atoms with E-state index >= 15 is 0 Å². The second-order valence-electron chi connectivity index (χ2n) is 8.00. The highest BCUT2D eigenvalue weighted by Crippen LogP contribution is 2.26. The number of piperazine rings is 1. The Kier molecular flexibility index (Phi) is 6.56. The van der Waals surface area contributed by atoms with Crippen molar-refractivity contribution in [2.24, 2.45) is 0 Å². The number of nitrogens with zero attached hydrogens (tertiary/aromatic N) is 7. The standard InChI is InChI=1S/C23H23ClN8O3S/c1-2-35-22-20-21(29-23(25)30-22)27-14-18(28-20)15-3-8-19(26-13-15)31-9-11-32(12-10-31)36(33,34)17-6-4-16(24)5-7-17/h3-8,13-14H,2,9-12H2,1H3,(H2,25,27,29,30). The van der Waals surface area contributed by atoms with Gasteiger partial charge in [-0.25, -0.2) is 23.4 Å². The van der Waals surface area contributed by atoms with Crippen LogP contribution < -0.4 is 15.4 Å². The van der Waals surface area contributed by atoms with Crippen molar-refractivity contribution in [2.45, 2.75) is 11.8 Å². The molecule has 1 saturated heterocycles. The molecule has 13 heteroatoms. The summed E-state index contributed by atoms with van der Waals surface area (Å²) in [5.74, 6) is 1.10. The van der Waals surface area contributed by atoms with E-state index in [1.807, 2.05) is 24.0 Å². The van der Waals surface area contributed by atoms with Crippen LogP contribution in [0.25, 0.3) is 22.4 Å². The van der Waals surface area contributed by atoms with E-state index in [2.05, 4.69) is 24.9 Å². The number of halogens is 1. The molecular weight excluding hydrogens is 504 g/mol. The Morgan fingerprint density at radius 3 is 2.39 bits per heavy atom. The van der Waals surface area contributed by atoms with E-state index in [4.69, 9.17) is 22.1 Å². The zero-order chi connectivity index (χ0) is 25.3. The molecule has 1 aliphatic rings. The van der Waals surface area contributed by atoms with Crippen molar-refractivity contribution >= 4 is 44.6 Å². The third kappa shape index (κ3) is 4.74. The molecule has 0 amide bonds. The van der Waals surface area contributed by atoms with Gasteiger partial charge >= 0.3 is 0 Å². The number of anilines is 2. The lowest BCUT2D eigenvalue weighted by atomic mass is 10.2. The Hall–Kier alpha value is -3.61. The molecule has 0 saturated carbocycles. The maximum atomic E-state index is 12.9. The molecule has 1 aromatic carbocycles. The van der Waals surface area contributed by atoms with Gasteiger partial charge in [-0.15, -0.1) is 0 Å². The predicted octanol–water partition coefficient (Wildman–Crippen LogP) is 2.63. The van der Waals surface area contributed by atoms with E-state index in [0.717, 1.165) is 11.4 Å². The smallest absolute Gasteiger partial charge is 0.247 e. The first-order chi connectivity index (χ1) is 17.3. The number of pyridine rings is 1. The number of sulfonamides is 1. The molecule has 0 bridgehead atoms. The molecule has 0 aliphatic carbocycles. The third-order valence-corrected chi connectivity index (χ3v) is 7.90. The fourth-order valence-electron chi connectivity index (χ4n) is 3.91. The van der Waals surface area contributed by atoms with Crippen LogP contribution in [-0.2, 0) is 10.0 Å². The second kappa shape index (κ2) is 9.80. The first-order valence-corrected chi connectivity index (χ1v) is 13.1. The van der Waals surface area contributed by atoms with Crippen LogP contribution in [0.15, 0.2) is 53.7 Å². The minimum Gasteiger partial charge on any atom is -0.476 e. The summed E-state index contributed by atoms with van der Waals surface area (Å²) in [6, 6.07) is 9.99. The number of benzene rings is 1. The zero-order valence-electron chi connectivity index (χ0n) is 19.4. The lowest BCUT2D eigenvalue weighted by molar-refractivity contribution is 0.330. The van der Waals surface area contributed by atoms with Gasteiger partial charge in [0, 0.05) is 43.0 Å². The molecular formula is C23H23ClN8O3S. The third-order valence-electron chi connectivity index (χ3n) is 5.73. The van der Waals surface area contributed by atoms with Gasteiger partial charge in [0.15, 0.2) is 11.2 Å². The second-order valence-corrected chi connectivity index (χ2v) is 10.4. The van der Waals surface area contributed by atoms with Crippen molar-refractivity contribution < 1.29 is 13.2 Å². The summed E-state index contributed by atoms with van der Waals surface area (Å²) in [4.78, 5) is 24.1. The van der Waals surface area contributed by atoms with Crippen molar-refractivity contribution in [3.63, 3.8) is 0 Å². The number of nitrogen functional groups attached to an aromatic ring is 1. The van der Waals surface area contributed by atoms with Crippen LogP contribution in [0.5, 0.6) is 5.88 Å². The molecule has 2 N–H and O–H groups in total. The summed E-state index contributed by atoms with van der Waals surface area (Å²) >= 11 is 5.89. The van der Waals surface area contributed by atoms with Gasteiger partial charge in [0.25, 0.3) is 0 Å². The summed E-state index contributed by atoms with van der Waals surface area (Å²) in [5, 5.41) is 0.496. The van der Waals surface area contributed by atoms with Crippen molar-refractivity contribution in [1.29, 1.82) is 0 Å². The summed E-state index contributed by atoms with van der Waals surface area (Å²) in [5.41, 5.74) is 7.86. The molecule has 1 aliphatic heterocycles. The molecule has 4 aromatic rings. The van der Waals surface area contributed by atoms with Gasteiger partial charge < -0.3 is 15.4 Å². The molecule has 5 rings (SSSR count). The lowest BCUT2D eigenvalue weighted by Gasteiger charge is -2.34. The molecule has 0 unspecified atom stereocenters. The number of rotatable bonds is 6. The van der Waals surface area contributed by atoms with E-state index in [1.165, 1.54) is 16.4 Å². The van der Waals surface area contributed by atoms with Crippen molar-refractivity contribution in [2.75, 3.05) is 43.4 Å². The SMILES string of the molecule is CCOc1nc(N)nc2ncc(-c3ccc(N4CCN(S(=O)(=O)c5ccc(Cl)cc5)CC4)nc3)nc12. The highest BCUT2D eigenvalue weighted by molar-refractivity contribution is 7.89. The molecule has 0 spiro atoms. The van der Waals surface area contributed by atoms with Gasteiger partial charge in [-0.05, 0) is 43.3 Å². The summed E-state index contributed by atoms with van der Waals surface area (Å²) < 4.78 is 32.9. The summed E-state index contributed by atoms with van der Waals surface area (Å²) in [6.07, 6.45) is 3.31. The molecule has 0 radical (unpaired) electrons. The molecule has 11 nitrogen and oxygen atoms in total. The minimum absolute atomic E-state index is 0.0695. The van der Waals surface area contributed by atoms with Crippen LogP contribution in [0, 0.1) is 0 Å². The maximum absolute atomic E-state index is 12.9. The van der Waals surface area contributed by atoms with E-state index < -0.39 is 10.0 Å². The number of hydrogen-bond acceptors (Lipinski definition) is 10. The van der Waals surface area contributed by atoms with E-state index in [0.29, 0.717) is 54.7 Å². The van der Waals surface area contributed by atoms with Gasteiger partial charge in [-0.3, -0.25) is 0 Å². The average molecular weight is 527 g/mol. The normalized spacial score (nSPS) is 14.8. The Morgan fingerprint density at radius 2 is 1.72 bits per heavy atom. The van der Waals surface area contributed by atoms with E-state index in [9.17, 15) is 8.42 Å². The molecule has 3 aromatic heterocycles. The van der Waals surface area contributed by atoms with Crippen LogP contribution in [0.4, 0.5) is 11.8 Å². The zero-order valence-corrected chi connectivity index (χ0v) is 20.9. The van der Waals surface area contributed by atoms with Crippen LogP contribution in [0.1, 0.15) is 6.92 Å². The first-order valence-electron chi connectivity index (χ1n) is 11.3. The summed E-state index contributed by atoms with van der Waals surface area (Å²) in [7, 11) is -3.57. The summed E-state index contributed by atoms with van der Waals surface area (Å²) in [6.45, 7) is 4.00. The highest BCUT2D eigenvalue weighted by atomic mass is 35.5. The minimum atomic E-state index is -3.57. The van der Waals surface area contributed by atoms with Crippen LogP contribution in [0.2, 0.25) is 5.02 Å². The quantitative estimate of drug-likeness (QED) is 0.398. The Labute approximate surface area is 213 Å². The fourth-order valence-corrected chi connectivity index (χ4v) is 5.46. The number of nitrogens with two attached hydrogens (primary N) is 1. The monoisotopic (exact) mass is 526 g/mol. The van der Waals surface area contributed by atoms with Crippen molar-refractivity contribution in [1.82, 2.24) is 29.2 Å². The Balaban J connectivity index is 1.30. The molecule has 186 valence electrons. The van der Waals surface area contributed by atoms with Crippen LogP contribution in [-0.4, -0.2) is 70.4 Å². The molecule has 0 atom stereocenters. The van der Waals surface area contributed by atoms with Gasteiger partial charge in [0.05, 0.1) is 23.4 Å². The predicted molar refractivity (Wildman–Crippen MR) is 136 cm³/mol. The van der Waals surface area contributed by atoms with Crippen LogP contribution in [0.3, 0.4) is 0 Å². The Morgan fingerprint density at radius 1 is 0.972 bits per heavy atom. The number of fused-ring (bicyclic) bond motifs is 1. The average Bonchev–Trinajstić information content (AvgIpc) is 2.89. The number of aromatic nitrogens is 5. The van der Waals surface area contributed by atoms with Crippen LogP contribution >= 0.6 is 11.6 Å².